The molecule has 314 valence electrons. The van der Waals surface area contributed by atoms with Crippen LogP contribution in [0.1, 0.15) is 129 Å². The molecule has 1 aliphatic carbocycles. The van der Waals surface area contributed by atoms with Crippen molar-refractivity contribution >= 4 is 35.4 Å². The second kappa shape index (κ2) is 39.2. The predicted molar refractivity (Wildman–Crippen MR) is 177 cm³/mol. The first-order valence-corrected chi connectivity index (χ1v) is 22.6. The summed E-state index contributed by atoms with van der Waals surface area (Å²) in [5.74, 6) is -1.45. The molecule has 0 aromatic heterocycles. The topological polar surface area (TPSA) is 317 Å². The van der Waals surface area contributed by atoms with E-state index in [2.05, 4.69) is 25.0 Å². The zero-order valence-electron chi connectivity index (χ0n) is 35.4. The monoisotopic (exact) mass is 940 g/mol. The van der Waals surface area contributed by atoms with Crippen molar-refractivity contribution in [1.29, 1.82) is 0 Å². The van der Waals surface area contributed by atoms with Gasteiger partial charge in [-0.2, -0.15) is 0 Å². The maximum Gasteiger partial charge on any atom is 1.00 e. The molecule has 0 heterocycles. The molecule has 0 aromatic carbocycles. The Labute approximate surface area is 453 Å². The number of hydrogen-bond donors (Lipinski definition) is 3. The molecule has 0 saturated heterocycles. The van der Waals surface area contributed by atoms with E-state index in [0.29, 0.717) is 12.8 Å². The summed E-state index contributed by atoms with van der Waals surface area (Å²) in [6, 6.07) is 0. The predicted octanol–water partition coefficient (Wildman–Crippen LogP) is -14.1. The fraction of sp³-hybridized carbons (Fsp3) is 0.935. The van der Waals surface area contributed by atoms with Crippen LogP contribution >= 0.6 is 23.5 Å². The van der Waals surface area contributed by atoms with Crippen LogP contribution in [0.15, 0.2) is 0 Å². The first-order chi connectivity index (χ1) is 24.8. The zero-order chi connectivity index (χ0) is 40.1. The second-order valence-corrected chi connectivity index (χ2v) is 16.6. The smallest absolute Gasteiger partial charge is 0.790 e. The Morgan fingerprint density at radius 1 is 0.517 bits per heavy atom. The number of aliphatic hydroxyl groups excluding tert-OH is 3. The van der Waals surface area contributed by atoms with Gasteiger partial charge in [0.05, 0.1) is 22.3 Å². The summed E-state index contributed by atoms with van der Waals surface area (Å²) in [6.45, 7) is 2.20. The summed E-state index contributed by atoms with van der Waals surface area (Å²) in [6.07, 6.45) is -0.0238. The van der Waals surface area contributed by atoms with Crippen molar-refractivity contribution in [2.24, 2.45) is 0 Å². The average molecular weight is 941 g/mol. The van der Waals surface area contributed by atoms with Gasteiger partial charge < -0.3 is 76.5 Å². The number of esters is 2. The van der Waals surface area contributed by atoms with Crippen LogP contribution in [0.5, 0.6) is 0 Å². The molecular weight excluding hydrogens is 884 g/mol. The van der Waals surface area contributed by atoms with Crippen LogP contribution in [-0.2, 0) is 50.9 Å². The molecule has 0 aromatic rings. The summed E-state index contributed by atoms with van der Waals surface area (Å²) in [5, 5.41) is 31.0. The fourth-order valence-corrected chi connectivity index (χ4v) is 7.71. The van der Waals surface area contributed by atoms with Gasteiger partial charge in [-0.25, -0.2) is 0 Å². The largest absolute Gasteiger partial charge is 1.00 e. The third-order valence-electron chi connectivity index (χ3n) is 8.36. The molecule has 0 radical (unpaired) electrons. The molecule has 1 rings (SSSR count). The maximum atomic E-state index is 12.7. The molecule has 27 heteroatoms. The van der Waals surface area contributed by atoms with Gasteiger partial charge in [0, 0.05) is 12.8 Å². The standard InChI is InChI=1S/C31H61O19P3.5Na/c1-3-5-6-7-8-9-10-11-12-13-14-15-16-17-18-20-24(32)45-21-23(47-25(33)19-4-2)22-46-53(43,44)50-31-27(35)29(48-51(37,38)39)26(34)30(28(31)36)49-52(40,41)42;;;;;/h23,26-31,34-36H,3-22H2,1-2H3,(H,43,44)(H2,37,38,39)(H2,40,41,42);;;;;/q;5*+1/p-5/t23-,26?,27-,28-,29-,30+,31?;;;;;/m1...../s1. The maximum absolute atomic E-state index is 12.7. The first kappa shape index (κ1) is 71.2. The minimum atomic E-state index is -6.07. The van der Waals surface area contributed by atoms with Crippen LogP contribution in [0.2, 0.25) is 0 Å². The van der Waals surface area contributed by atoms with Gasteiger partial charge >= 0.3 is 160 Å². The van der Waals surface area contributed by atoms with Crippen LogP contribution < -0.4 is 172 Å². The van der Waals surface area contributed by atoms with Crippen molar-refractivity contribution in [3.8, 4) is 0 Å². The molecule has 3 unspecified atom stereocenters. The Hall–Kier alpha value is 4.15. The second-order valence-electron chi connectivity index (χ2n) is 13.1. The van der Waals surface area contributed by atoms with Crippen molar-refractivity contribution in [2.45, 2.75) is 172 Å². The number of phosphoric ester groups is 3. The SMILES string of the molecule is CCCCCCCCCCCCCCCCCC(=O)OC[C@H](COP(=O)([O-])OC1[C@H](O)[C@H](OP(=O)([O-])[O-])C(O)[C@H](OP(=O)([O-])[O-])[C@H]1O)OC(=O)CCC.[Na+].[Na+].[Na+].[Na+].[Na+]. The van der Waals surface area contributed by atoms with Crippen LogP contribution in [0.4, 0.5) is 0 Å². The van der Waals surface area contributed by atoms with E-state index in [9.17, 15) is 63.1 Å². The van der Waals surface area contributed by atoms with E-state index >= 15 is 0 Å². The first-order valence-electron chi connectivity index (χ1n) is 18.2. The molecule has 0 amide bonds. The number of phosphoric acid groups is 3. The normalized spacial score (nSPS) is 22.0. The third kappa shape index (κ3) is 34.5. The minimum absolute atomic E-state index is 0. The fourth-order valence-electron chi connectivity index (χ4n) is 5.66. The van der Waals surface area contributed by atoms with Crippen LogP contribution in [0.25, 0.3) is 0 Å². The quantitative estimate of drug-likeness (QED) is 0.0261. The van der Waals surface area contributed by atoms with Crippen LogP contribution in [0.3, 0.4) is 0 Å². The Balaban J connectivity index is -0.00000187. The van der Waals surface area contributed by atoms with E-state index in [1.807, 2.05) is 0 Å². The number of carbonyl (C=O) groups excluding carboxylic acids is 2. The van der Waals surface area contributed by atoms with Crippen molar-refractivity contribution < 1.29 is 238 Å². The number of hydrogen-bond acceptors (Lipinski definition) is 19. The van der Waals surface area contributed by atoms with E-state index in [4.69, 9.17) is 9.47 Å². The average Bonchev–Trinajstić information content (AvgIpc) is 3.06. The molecule has 1 aliphatic rings. The van der Waals surface area contributed by atoms with E-state index in [0.717, 1.165) is 25.7 Å². The summed E-state index contributed by atoms with van der Waals surface area (Å²) in [4.78, 5) is 81.7. The molecule has 19 nitrogen and oxygen atoms in total. The van der Waals surface area contributed by atoms with E-state index in [-0.39, 0.29) is 161 Å². The number of ether oxygens (including phenoxy) is 2. The van der Waals surface area contributed by atoms with Crippen LogP contribution in [0, 0.1) is 0 Å². The molecule has 1 saturated carbocycles. The molecule has 0 bridgehead atoms. The van der Waals surface area contributed by atoms with Crippen molar-refractivity contribution in [3.63, 3.8) is 0 Å². The summed E-state index contributed by atoms with van der Waals surface area (Å²) >= 11 is 0. The Bertz CT molecular complexity index is 1170. The number of rotatable bonds is 30. The van der Waals surface area contributed by atoms with Gasteiger partial charge in [-0.1, -0.05) is 104 Å². The Morgan fingerprint density at radius 2 is 0.879 bits per heavy atom. The molecule has 58 heavy (non-hydrogen) atoms. The van der Waals surface area contributed by atoms with Gasteiger partial charge in [0.25, 0.3) is 7.82 Å². The summed E-state index contributed by atoms with van der Waals surface area (Å²) < 4.78 is 62.5. The van der Waals surface area contributed by atoms with Gasteiger partial charge in [-0.15, -0.1) is 0 Å². The van der Waals surface area contributed by atoms with Gasteiger partial charge in [0.15, 0.2) is 6.10 Å². The molecule has 3 N–H and O–H groups in total. The molecule has 0 spiro atoms. The van der Waals surface area contributed by atoms with E-state index in [1.165, 1.54) is 64.2 Å². The van der Waals surface area contributed by atoms with Gasteiger partial charge in [-0.05, 0) is 12.8 Å². The summed E-state index contributed by atoms with van der Waals surface area (Å²) in [7, 11) is -17.9. The summed E-state index contributed by atoms with van der Waals surface area (Å²) in [5.41, 5.74) is 0. The van der Waals surface area contributed by atoms with Crippen molar-refractivity contribution in [1.82, 2.24) is 0 Å². The van der Waals surface area contributed by atoms with E-state index in [1.54, 1.807) is 6.92 Å². The third-order valence-corrected chi connectivity index (χ3v) is 10.3. The Kier molecular flexibility index (Phi) is 48.1. The Morgan fingerprint density at radius 3 is 1.24 bits per heavy atom. The van der Waals surface area contributed by atoms with Crippen molar-refractivity contribution in [3.05, 3.63) is 0 Å². The minimum Gasteiger partial charge on any atom is -0.790 e. The molecule has 1 fully saturated rings. The van der Waals surface area contributed by atoms with E-state index < -0.39 is 91.3 Å². The number of carbonyl (C=O) groups is 2. The number of aliphatic hydroxyl groups is 3. The van der Waals surface area contributed by atoms with Crippen molar-refractivity contribution in [2.75, 3.05) is 13.2 Å². The number of unbranched alkanes of at least 4 members (excludes halogenated alkanes) is 14. The molecular formula is C31H56Na5O19P3. The van der Waals surface area contributed by atoms with Gasteiger partial charge in [0.2, 0.25) is 0 Å². The van der Waals surface area contributed by atoms with Crippen LogP contribution in [-0.4, -0.2) is 83.2 Å². The zero-order valence-corrected chi connectivity index (χ0v) is 48.1. The van der Waals surface area contributed by atoms with Gasteiger partial charge in [-0.3, -0.25) is 14.2 Å². The molecule has 0 aliphatic heterocycles. The van der Waals surface area contributed by atoms with Gasteiger partial charge in [0.1, 0.15) is 43.2 Å². The molecule has 8 atom stereocenters.